The van der Waals surface area contributed by atoms with Crippen LogP contribution in [0.3, 0.4) is 0 Å². The maximum absolute atomic E-state index is 13.2. The highest BCUT2D eigenvalue weighted by molar-refractivity contribution is 6.30. The number of nitrogens with zero attached hydrogens (tertiary/aromatic N) is 2. The predicted molar refractivity (Wildman–Crippen MR) is 97.7 cm³/mol. The molecule has 4 rings (SSSR count). The zero-order valence-electron chi connectivity index (χ0n) is 14.2. The van der Waals surface area contributed by atoms with Gasteiger partial charge in [0.25, 0.3) is 0 Å². The molecule has 1 amide bonds. The van der Waals surface area contributed by atoms with E-state index in [2.05, 4.69) is 27.9 Å². The number of amides is 1. The summed E-state index contributed by atoms with van der Waals surface area (Å²) in [4.78, 5) is 13.2. The molecule has 2 N–H and O–H groups in total. The summed E-state index contributed by atoms with van der Waals surface area (Å²) in [5, 5.41) is 11.7. The summed E-state index contributed by atoms with van der Waals surface area (Å²) in [5.41, 5.74) is 0.749. The van der Waals surface area contributed by atoms with Crippen molar-refractivity contribution in [3.05, 3.63) is 53.3 Å². The van der Waals surface area contributed by atoms with Gasteiger partial charge in [-0.1, -0.05) is 23.7 Å². The van der Waals surface area contributed by atoms with Crippen molar-refractivity contribution in [2.75, 3.05) is 19.6 Å². The fourth-order valence-electron chi connectivity index (χ4n) is 3.86. The van der Waals surface area contributed by atoms with Crippen LogP contribution in [0.25, 0.3) is 0 Å². The molecule has 0 bridgehead atoms. The number of rotatable bonds is 5. The molecule has 1 saturated heterocycles. The fraction of sp³-hybridized carbons (Fsp3) is 0.474. The minimum absolute atomic E-state index is 0.0679. The Hall–Kier alpha value is -1.85. The van der Waals surface area contributed by atoms with Crippen molar-refractivity contribution in [2.24, 2.45) is 0 Å². The molecule has 0 atom stereocenters. The number of benzene rings is 1. The van der Waals surface area contributed by atoms with E-state index in [0.717, 1.165) is 43.8 Å². The molecule has 25 heavy (non-hydrogen) atoms. The van der Waals surface area contributed by atoms with Crippen LogP contribution < -0.4 is 10.6 Å². The van der Waals surface area contributed by atoms with Crippen molar-refractivity contribution in [1.29, 1.82) is 0 Å². The van der Waals surface area contributed by atoms with Gasteiger partial charge in [-0.15, -0.1) is 0 Å². The van der Waals surface area contributed by atoms with Gasteiger partial charge in [0.15, 0.2) is 0 Å². The van der Waals surface area contributed by atoms with Crippen LogP contribution in [0, 0.1) is 0 Å². The van der Waals surface area contributed by atoms with E-state index in [9.17, 15) is 4.79 Å². The Balaban J connectivity index is 1.50. The van der Waals surface area contributed by atoms with Crippen LogP contribution in [-0.2, 0) is 15.7 Å². The number of carbonyl (C=O) groups excluding carboxylic acids is 1. The third-order valence-electron chi connectivity index (χ3n) is 5.69. The van der Waals surface area contributed by atoms with Crippen LogP contribution in [0.1, 0.15) is 31.2 Å². The highest BCUT2D eigenvalue weighted by Gasteiger charge is 2.47. The van der Waals surface area contributed by atoms with Crippen molar-refractivity contribution in [3.8, 4) is 0 Å². The molecule has 2 fully saturated rings. The lowest BCUT2D eigenvalue weighted by Gasteiger charge is -2.37. The Morgan fingerprint density at radius 1 is 1.20 bits per heavy atom. The van der Waals surface area contributed by atoms with Crippen LogP contribution in [0.2, 0.25) is 5.02 Å². The minimum Gasteiger partial charge on any atom is -0.353 e. The maximum atomic E-state index is 13.2. The first-order chi connectivity index (χ1) is 12.1. The van der Waals surface area contributed by atoms with Gasteiger partial charge in [0.05, 0.1) is 0 Å². The van der Waals surface area contributed by atoms with E-state index in [-0.39, 0.29) is 11.3 Å². The summed E-state index contributed by atoms with van der Waals surface area (Å²) in [6, 6.07) is 9.89. The van der Waals surface area contributed by atoms with Gasteiger partial charge < -0.3 is 10.6 Å². The fourth-order valence-corrected chi connectivity index (χ4v) is 3.98. The van der Waals surface area contributed by atoms with E-state index in [0.29, 0.717) is 6.54 Å². The third-order valence-corrected chi connectivity index (χ3v) is 5.95. The third kappa shape index (κ3) is 3.07. The topological polar surface area (TPSA) is 59.0 Å². The minimum atomic E-state index is -0.579. The number of hydrogen-bond donors (Lipinski definition) is 2. The lowest BCUT2D eigenvalue weighted by Crippen LogP contribution is -2.55. The Labute approximate surface area is 152 Å². The predicted octanol–water partition coefficient (Wildman–Crippen LogP) is 2.46. The standard InChI is InChI=1S/C19H23ClN4O/c20-16-4-2-15(3-5-16)18(6-7-18)14-22-17(25)19(8-11-21-12-9-19)24-13-1-10-23-24/h1-5,10,13,21H,6-9,11-12,14H2,(H,22,25). The molecule has 1 aliphatic heterocycles. The van der Waals surface area contributed by atoms with E-state index >= 15 is 0 Å². The van der Waals surface area contributed by atoms with Crippen molar-refractivity contribution in [1.82, 2.24) is 20.4 Å². The lowest BCUT2D eigenvalue weighted by molar-refractivity contribution is -0.132. The highest BCUT2D eigenvalue weighted by atomic mass is 35.5. The molecular weight excluding hydrogens is 336 g/mol. The first-order valence-electron chi connectivity index (χ1n) is 8.90. The second-order valence-corrected chi connectivity index (χ2v) is 7.64. The average molecular weight is 359 g/mol. The van der Waals surface area contributed by atoms with Gasteiger partial charge >= 0.3 is 0 Å². The molecule has 1 aromatic heterocycles. The van der Waals surface area contributed by atoms with Gasteiger partial charge in [-0.3, -0.25) is 9.48 Å². The summed E-state index contributed by atoms with van der Waals surface area (Å²) in [7, 11) is 0. The molecule has 1 aliphatic carbocycles. The Morgan fingerprint density at radius 2 is 1.92 bits per heavy atom. The summed E-state index contributed by atoms with van der Waals surface area (Å²) in [5.74, 6) is 0.0814. The van der Waals surface area contributed by atoms with Crippen molar-refractivity contribution in [3.63, 3.8) is 0 Å². The molecule has 0 unspecified atom stereocenters. The zero-order chi connectivity index (χ0) is 17.3. The molecule has 0 radical (unpaired) electrons. The van der Waals surface area contributed by atoms with Crippen molar-refractivity contribution in [2.45, 2.75) is 36.6 Å². The summed E-state index contributed by atoms with van der Waals surface area (Å²) >= 11 is 6.00. The monoisotopic (exact) mass is 358 g/mol. The quantitative estimate of drug-likeness (QED) is 0.863. The molecule has 6 heteroatoms. The van der Waals surface area contributed by atoms with Gasteiger partial charge in [0, 0.05) is 29.4 Å². The molecule has 1 saturated carbocycles. The van der Waals surface area contributed by atoms with E-state index in [1.807, 2.05) is 29.1 Å². The Kier molecular flexibility index (Phi) is 4.29. The van der Waals surface area contributed by atoms with E-state index in [4.69, 9.17) is 11.6 Å². The molecule has 5 nitrogen and oxygen atoms in total. The number of aromatic nitrogens is 2. The van der Waals surface area contributed by atoms with Gasteiger partial charge in [-0.25, -0.2) is 0 Å². The highest BCUT2D eigenvalue weighted by Crippen LogP contribution is 2.48. The first kappa shape index (κ1) is 16.6. The van der Waals surface area contributed by atoms with E-state index in [1.165, 1.54) is 5.56 Å². The van der Waals surface area contributed by atoms with Crippen LogP contribution in [0.4, 0.5) is 0 Å². The first-order valence-corrected chi connectivity index (χ1v) is 9.28. The number of halogens is 1. The van der Waals surface area contributed by atoms with E-state index in [1.54, 1.807) is 6.20 Å². The van der Waals surface area contributed by atoms with Gasteiger partial charge in [0.2, 0.25) is 5.91 Å². The van der Waals surface area contributed by atoms with Crippen LogP contribution >= 0.6 is 11.6 Å². The SMILES string of the molecule is O=C(NCC1(c2ccc(Cl)cc2)CC1)C1(n2cccn2)CCNCC1. The largest absolute Gasteiger partial charge is 0.353 e. The Bertz CT molecular complexity index is 731. The average Bonchev–Trinajstić information content (AvgIpc) is 3.23. The molecule has 2 aliphatic rings. The van der Waals surface area contributed by atoms with Crippen LogP contribution in [-0.4, -0.2) is 35.3 Å². The zero-order valence-corrected chi connectivity index (χ0v) is 14.9. The maximum Gasteiger partial charge on any atom is 0.248 e. The lowest BCUT2D eigenvalue weighted by atomic mass is 9.87. The molecule has 2 aromatic rings. The van der Waals surface area contributed by atoms with Gasteiger partial charge in [-0.2, -0.15) is 5.10 Å². The summed E-state index contributed by atoms with van der Waals surface area (Å²) < 4.78 is 1.84. The molecule has 2 heterocycles. The molecule has 132 valence electrons. The van der Waals surface area contributed by atoms with Crippen LogP contribution in [0.5, 0.6) is 0 Å². The second-order valence-electron chi connectivity index (χ2n) is 7.20. The van der Waals surface area contributed by atoms with Crippen molar-refractivity contribution < 1.29 is 4.79 Å². The number of nitrogens with one attached hydrogen (secondary N) is 2. The molecular formula is C19H23ClN4O. The number of hydrogen-bond acceptors (Lipinski definition) is 3. The van der Waals surface area contributed by atoms with Gasteiger partial charge in [0.1, 0.15) is 5.54 Å². The van der Waals surface area contributed by atoms with E-state index < -0.39 is 5.54 Å². The molecule has 0 spiro atoms. The van der Waals surface area contributed by atoms with Gasteiger partial charge in [-0.05, 0) is 62.5 Å². The summed E-state index contributed by atoms with van der Waals surface area (Å²) in [6.45, 7) is 2.33. The molecule has 1 aromatic carbocycles. The number of carbonyl (C=O) groups is 1. The second kappa shape index (κ2) is 6.46. The van der Waals surface area contributed by atoms with Crippen LogP contribution in [0.15, 0.2) is 42.7 Å². The Morgan fingerprint density at radius 3 is 2.52 bits per heavy atom. The smallest absolute Gasteiger partial charge is 0.248 e. The van der Waals surface area contributed by atoms with Crippen molar-refractivity contribution >= 4 is 17.5 Å². The number of piperidine rings is 1. The summed E-state index contributed by atoms with van der Waals surface area (Å²) in [6.07, 6.45) is 7.36. The normalized spacial score (nSPS) is 20.8.